The molecular formula is C30H37N7O3S. The number of sulfonamides is 1. The summed E-state index contributed by atoms with van der Waals surface area (Å²) in [6, 6.07) is 18.2. The summed E-state index contributed by atoms with van der Waals surface area (Å²) in [7, 11) is -0.211. The fraction of sp³-hybridized carbons (Fsp3) is 0.400. The zero-order valence-electron chi connectivity index (χ0n) is 23.8. The van der Waals surface area contributed by atoms with Crippen LogP contribution in [0.5, 0.6) is 5.75 Å². The number of hydrogen-bond donors (Lipinski definition) is 1. The smallest absolute Gasteiger partial charge is 0.245 e. The first-order valence-corrected chi connectivity index (χ1v) is 16.0. The van der Waals surface area contributed by atoms with Gasteiger partial charge in [-0.15, -0.1) is 5.10 Å². The molecule has 0 aliphatic carbocycles. The largest absolute Gasteiger partial charge is 0.494 e. The highest BCUT2D eigenvalue weighted by Gasteiger charge is 2.27. The van der Waals surface area contributed by atoms with Gasteiger partial charge in [0.15, 0.2) is 0 Å². The molecule has 1 N–H and O–H groups in total. The van der Waals surface area contributed by atoms with E-state index in [-0.39, 0.29) is 0 Å². The van der Waals surface area contributed by atoms with Gasteiger partial charge in [0.2, 0.25) is 16.0 Å². The van der Waals surface area contributed by atoms with Crippen molar-refractivity contribution in [1.82, 2.24) is 19.5 Å². The second-order valence-corrected chi connectivity index (χ2v) is 12.9. The predicted molar refractivity (Wildman–Crippen MR) is 164 cm³/mol. The Balaban J connectivity index is 1.24. The molecule has 0 spiro atoms. The lowest BCUT2D eigenvalue weighted by molar-refractivity contribution is 0.208. The number of fused-ring (bicyclic) bond motifs is 1. The summed E-state index contributed by atoms with van der Waals surface area (Å²) in [6.45, 7) is 4.59. The van der Waals surface area contributed by atoms with Crippen molar-refractivity contribution in [3.05, 3.63) is 60.8 Å². The minimum absolute atomic E-state index is 0.404. The molecule has 2 saturated heterocycles. The monoisotopic (exact) mass is 575 g/mol. The fourth-order valence-corrected chi connectivity index (χ4v) is 6.52. The lowest BCUT2D eigenvalue weighted by Gasteiger charge is -2.38. The van der Waals surface area contributed by atoms with E-state index in [0.29, 0.717) is 17.7 Å². The van der Waals surface area contributed by atoms with Crippen LogP contribution in [0.2, 0.25) is 0 Å². The molecule has 0 bridgehead atoms. The number of benzene rings is 2. The van der Waals surface area contributed by atoms with Crippen molar-refractivity contribution in [3.8, 4) is 17.0 Å². The van der Waals surface area contributed by atoms with Gasteiger partial charge in [-0.1, -0.05) is 18.2 Å². The van der Waals surface area contributed by atoms with Gasteiger partial charge in [0.05, 0.1) is 42.1 Å². The quantitative estimate of drug-likeness (QED) is 0.326. The van der Waals surface area contributed by atoms with E-state index >= 15 is 0 Å². The molecule has 0 atom stereocenters. The Morgan fingerprint density at radius 3 is 2.49 bits per heavy atom. The summed E-state index contributed by atoms with van der Waals surface area (Å²) in [4.78, 5) is 9.63. The van der Waals surface area contributed by atoms with Crippen molar-refractivity contribution in [2.75, 3.05) is 61.1 Å². The molecule has 2 aliphatic heterocycles. The third-order valence-electron chi connectivity index (χ3n) is 8.33. The Kier molecular flexibility index (Phi) is 7.48. The third kappa shape index (κ3) is 5.56. The molecule has 0 saturated carbocycles. The van der Waals surface area contributed by atoms with Crippen LogP contribution in [-0.4, -0.2) is 80.5 Å². The van der Waals surface area contributed by atoms with Crippen LogP contribution in [0.25, 0.3) is 16.8 Å². The number of hydrogen-bond acceptors (Lipinski definition) is 8. The van der Waals surface area contributed by atoms with Crippen LogP contribution in [0.4, 0.5) is 23.0 Å². The number of methoxy groups -OCH3 is 1. The van der Waals surface area contributed by atoms with Crippen LogP contribution in [0.3, 0.4) is 0 Å². The molecule has 0 unspecified atom stereocenters. The van der Waals surface area contributed by atoms with E-state index in [1.54, 1.807) is 30.9 Å². The average Bonchev–Trinajstić information content (AvgIpc) is 3.67. The molecule has 4 heterocycles. The van der Waals surface area contributed by atoms with E-state index in [1.165, 1.54) is 49.3 Å². The summed E-state index contributed by atoms with van der Waals surface area (Å²) < 4.78 is 33.4. The van der Waals surface area contributed by atoms with Crippen molar-refractivity contribution < 1.29 is 13.2 Å². The van der Waals surface area contributed by atoms with Gasteiger partial charge in [0.25, 0.3) is 0 Å². The zero-order valence-corrected chi connectivity index (χ0v) is 24.6. The first kappa shape index (κ1) is 27.3. The standard InChI is InChI=1S/C30H37N7O3S/c1-34(41(3,38)39)27-9-5-4-8-25(27)28-13-11-24-21-31-30(33-37(24)28)32-26-12-10-23(20-29(26)40-2)36-18-14-22(15-19-36)35-16-6-7-17-35/h4-5,8-13,20-22H,6-7,14-19H2,1-3H3,(H,32,33). The number of ether oxygens (including phenoxy) is 1. The maximum atomic E-state index is 12.3. The fourth-order valence-electron chi connectivity index (χ4n) is 6.00. The van der Waals surface area contributed by atoms with Crippen molar-refractivity contribution in [2.24, 2.45) is 0 Å². The van der Waals surface area contributed by atoms with E-state index in [0.717, 1.165) is 47.0 Å². The molecule has 11 heteroatoms. The van der Waals surface area contributed by atoms with Crippen LogP contribution in [-0.2, 0) is 10.0 Å². The Labute approximate surface area is 241 Å². The summed E-state index contributed by atoms with van der Waals surface area (Å²) in [5.41, 5.74) is 4.81. The Morgan fingerprint density at radius 2 is 1.76 bits per heavy atom. The third-order valence-corrected chi connectivity index (χ3v) is 9.53. The van der Waals surface area contributed by atoms with Crippen molar-refractivity contribution in [1.29, 1.82) is 0 Å². The highest BCUT2D eigenvalue weighted by Crippen LogP contribution is 2.35. The summed E-state index contributed by atoms with van der Waals surface area (Å²) in [6.07, 6.45) is 7.99. The number of anilines is 4. The predicted octanol–water partition coefficient (Wildman–Crippen LogP) is 4.61. The van der Waals surface area contributed by atoms with E-state index in [1.807, 2.05) is 36.4 Å². The Hall–Kier alpha value is -3.83. The SMILES string of the molecule is COc1cc(N2CCC(N3CCCC3)CC2)ccc1Nc1ncc2ccc(-c3ccccc3N(C)S(C)(=O)=O)n2n1. The van der Waals surface area contributed by atoms with Crippen LogP contribution in [0.1, 0.15) is 25.7 Å². The molecule has 2 aromatic heterocycles. The number of rotatable bonds is 8. The number of aromatic nitrogens is 3. The van der Waals surface area contributed by atoms with Crippen LogP contribution in [0, 0.1) is 0 Å². The zero-order chi connectivity index (χ0) is 28.6. The van der Waals surface area contributed by atoms with E-state index in [9.17, 15) is 8.42 Å². The summed E-state index contributed by atoms with van der Waals surface area (Å²) in [5, 5.41) is 8.08. The number of piperidine rings is 1. The topological polar surface area (TPSA) is 95.3 Å². The molecule has 0 radical (unpaired) electrons. The van der Waals surface area contributed by atoms with E-state index in [2.05, 4.69) is 32.2 Å². The lowest BCUT2D eigenvalue weighted by Crippen LogP contribution is -2.43. The number of likely N-dealkylation sites (tertiary alicyclic amines) is 1. The maximum absolute atomic E-state index is 12.3. The van der Waals surface area contributed by atoms with Gasteiger partial charge in [-0.2, -0.15) is 0 Å². The van der Waals surface area contributed by atoms with Gasteiger partial charge in [-0.3, -0.25) is 4.31 Å². The van der Waals surface area contributed by atoms with Crippen LogP contribution < -0.4 is 19.3 Å². The number of nitrogens with zero attached hydrogens (tertiary/aromatic N) is 6. The second-order valence-electron chi connectivity index (χ2n) is 10.9. The molecule has 2 aliphatic rings. The maximum Gasteiger partial charge on any atom is 0.245 e. The molecule has 41 heavy (non-hydrogen) atoms. The molecule has 2 fully saturated rings. The minimum atomic E-state index is -3.44. The molecule has 2 aromatic carbocycles. The Bertz CT molecular complexity index is 1640. The number of nitrogens with one attached hydrogen (secondary N) is 1. The van der Waals surface area contributed by atoms with Crippen molar-refractivity contribution >= 4 is 38.6 Å². The number of para-hydroxylation sites is 1. The van der Waals surface area contributed by atoms with Crippen molar-refractivity contribution in [3.63, 3.8) is 0 Å². The van der Waals surface area contributed by atoms with Crippen molar-refractivity contribution in [2.45, 2.75) is 31.7 Å². The van der Waals surface area contributed by atoms with Crippen LogP contribution >= 0.6 is 0 Å². The normalized spacial score (nSPS) is 16.8. The molecule has 10 nitrogen and oxygen atoms in total. The first-order valence-electron chi connectivity index (χ1n) is 14.1. The van der Waals surface area contributed by atoms with Gasteiger partial charge < -0.3 is 19.9 Å². The minimum Gasteiger partial charge on any atom is -0.494 e. The summed E-state index contributed by atoms with van der Waals surface area (Å²) in [5.74, 6) is 1.13. The molecule has 6 rings (SSSR count). The van der Waals surface area contributed by atoms with Gasteiger partial charge in [-0.05, 0) is 69.1 Å². The van der Waals surface area contributed by atoms with Gasteiger partial charge >= 0.3 is 0 Å². The average molecular weight is 576 g/mol. The molecule has 216 valence electrons. The first-order chi connectivity index (χ1) is 19.8. The van der Waals surface area contributed by atoms with Gasteiger partial charge in [0.1, 0.15) is 5.75 Å². The highest BCUT2D eigenvalue weighted by molar-refractivity contribution is 7.92. The van der Waals surface area contributed by atoms with E-state index in [4.69, 9.17) is 9.84 Å². The summed E-state index contributed by atoms with van der Waals surface area (Å²) >= 11 is 0. The Morgan fingerprint density at radius 1 is 1.00 bits per heavy atom. The lowest BCUT2D eigenvalue weighted by atomic mass is 10.0. The highest BCUT2D eigenvalue weighted by atomic mass is 32.2. The molecule has 0 amide bonds. The van der Waals surface area contributed by atoms with Gasteiger partial charge in [-0.25, -0.2) is 17.9 Å². The van der Waals surface area contributed by atoms with Gasteiger partial charge in [0, 0.05) is 43.5 Å². The molecule has 4 aromatic rings. The van der Waals surface area contributed by atoms with Crippen LogP contribution in [0.15, 0.2) is 60.8 Å². The second kappa shape index (κ2) is 11.2. The molecular weight excluding hydrogens is 538 g/mol. The van der Waals surface area contributed by atoms with E-state index < -0.39 is 10.0 Å².